The van der Waals surface area contributed by atoms with Crippen LogP contribution in [0.15, 0.2) is 12.1 Å². The Morgan fingerprint density at radius 3 is 3.15 bits per heavy atom. The quantitative estimate of drug-likeness (QED) is 0.898. The van der Waals surface area contributed by atoms with Crippen LogP contribution in [-0.4, -0.2) is 31.6 Å². The number of ether oxygens (including phenoxy) is 1. The fourth-order valence-corrected chi connectivity index (χ4v) is 3.09. The lowest BCUT2D eigenvalue weighted by atomic mass is 10.0. The van der Waals surface area contributed by atoms with E-state index < -0.39 is 0 Å². The van der Waals surface area contributed by atoms with Crippen molar-refractivity contribution in [3.63, 3.8) is 0 Å². The zero-order chi connectivity index (χ0) is 13.9. The van der Waals surface area contributed by atoms with Gasteiger partial charge in [-0.25, -0.2) is 0 Å². The molecule has 0 aliphatic carbocycles. The van der Waals surface area contributed by atoms with E-state index in [1.165, 1.54) is 12.8 Å². The third-order valence-corrected chi connectivity index (χ3v) is 4.13. The van der Waals surface area contributed by atoms with Gasteiger partial charge in [0.25, 0.3) is 5.91 Å². The van der Waals surface area contributed by atoms with Crippen molar-refractivity contribution in [2.45, 2.75) is 31.7 Å². The van der Waals surface area contributed by atoms with Crippen LogP contribution in [0.2, 0.25) is 5.02 Å². The highest BCUT2D eigenvalue weighted by atomic mass is 35.5. The lowest BCUT2D eigenvalue weighted by Gasteiger charge is -2.23. The maximum atomic E-state index is 12.3. The van der Waals surface area contributed by atoms with Gasteiger partial charge in [-0.2, -0.15) is 0 Å². The third-order valence-electron chi connectivity index (χ3n) is 3.91. The maximum absolute atomic E-state index is 12.3. The molecule has 1 aromatic rings. The summed E-state index contributed by atoms with van der Waals surface area (Å²) in [4.78, 5) is 12.3. The second-order valence-electron chi connectivity index (χ2n) is 5.40. The molecule has 5 heteroatoms. The summed E-state index contributed by atoms with van der Waals surface area (Å²) in [6.45, 7) is 2.32. The number of carbonyl (C=O) groups excluding carboxylic acids is 1. The number of piperidine rings is 1. The number of nitrogens with one attached hydrogen (secondary N) is 2. The fraction of sp³-hybridized carbons (Fsp3) is 0.533. The average molecular weight is 295 g/mol. The first-order valence-electron chi connectivity index (χ1n) is 7.21. The maximum Gasteiger partial charge on any atom is 0.255 e. The van der Waals surface area contributed by atoms with E-state index in [1.807, 2.05) is 6.07 Å². The molecular weight excluding hydrogens is 276 g/mol. The van der Waals surface area contributed by atoms with Crippen LogP contribution in [0.5, 0.6) is 5.75 Å². The van der Waals surface area contributed by atoms with Gasteiger partial charge in [-0.15, -0.1) is 0 Å². The van der Waals surface area contributed by atoms with Gasteiger partial charge in [-0.05, 0) is 37.1 Å². The Kier molecular flexibility index (Phi) is 4.13. The zero-order valence-corrected chi connectivity index (χ0v) is 12.1. The highest BCUT2D eigenvalue weighted by Gasteiger charge is 2.22. The molecule has 0 spiro atoms. The minimum absolute atomic E-state index is 0.0991. The highest BCUT2D eigenvalue weighted by Crippen LogP contribution is 2.32. The van der Waals surface area contributed by atoms with E-state index in [2.05, 4.69) is 10.6 Å². The molecule has 1 fully saturated rings. The second-order valence-corrected chi connectivity index (χ2v) is 5.83. The van der Waals surface area contributed by atoms with Gasteiger partial charge in [-0.1, -0.05) is 18.0 Å². The molecule has 1 saturated heterocycles. The molecule has 0 radical (unpaired) electrons. The van der Waals surface area contributed by atoms with Gasteiger partial charge in [0, 0.05) is 24.0 Å². The Morgan fingerprint density at radius 1 is 1.45 bits per heavy atom. The average Bonchev–Trinajstić information content (AvgIpc) is 2.93. The molecular formula is C15H19ClN2O2. The van der Waals surface area contributed by atoms with Crippen molar-refractivity contribution in [2.24, 2.45) is 0 Å². The molecule has 1 atom stereocenters. The SMILES string of the molecule is O=C(NCC1CCCCN1)c1cc(Cl)cc2c1OCC2. The molecule has 1 amide bonds. The Balaban J connectivity index is 1.68. The summed E-state index contributed by atoms with van der Waals surface area (Å²) in [5.74, 6) is 0.599. The van der Waals surface area contributed by atoms with E-state index in [9.17, 15) is 4.79 Å². The molecule has 3 rings (SSSR count). The summed E-state index contributed by atoms with van der Waals surface area (Å²) >= 11 is 6.07. The van der Waals surface area contributed by atoms with Crippen molar-refractivity contribution in [1.82, 2.24) is 10.6 Å². The molecule has 2 heterocycles. The van der Waals surface area contributed by atoms with Gasteiger partial charge < -0.3 is 15.4 Å². The van der Waals surface area contributed by atoms with Crippen molar-refractivity contribution in [1.29, 1.82) is 0 Å². The van der Waals surface area contributed by atoms with E-state index in [0.717, 1.165) is 24.9 Å². The van der Waals surface area contributed by atoms with Crippen LogP contribution in [0, 0.1) is 0 Å². The predicted octanol–water partition coefficient (Wildman–Crippen LogP) is 2.15. The van der Waals surface area contributed by atoms with Gasteiger partial charge in [-0.3, -0.25) is 4.79 Å². The van der Waals surface area contributed by atoms with Gasteiger partial charge in [0.1, 0.15) is 5.75 Å². The molecule has 4 nitrogen and oxygen atoms in total. The predicted molar refractivity (Wildman–Crippen MR) is 78.6 cm³/mol. The zero-order valence-electron chi connectivity index (χ0n) is 11.4. The van der Waals surface area contributed by atoms with E-state index in [1.54, 1.807) is 6.07 Å². The van der Waals surface area contributed by atoms with Crippen molar-refractivity contribution in [3.05, 3.63) is 28.3 Å². The number of fused-ring (bicyclic) bond motifs is 1. The van der Waals surface area contributed by atoms with Crippen molar-refractivity contribution < 1.29 is 9.53 Å². The van der Waals surface area contributed by atoms with Crippen LogP contribution in [-0.2, 0) is 6.42 Å². The lowest BCUT2D eigenvalue weighted by molar-refractivity contribution is 0.0944. The minimum Gasteiger partial charge on any atom is -0.492 e. The molecule has 0 bridgehead atoms. The van der Waals surface area contributed by atoms with E-state index in [0.29, 0.717) is 35.5 Å². The van der Waals surface area contributed by atoms with Crippen molar-refractivity contribution in [2.75, 3.05) is 19.7 Å². The Labute approximate surface area is 123 Å². The number of rotatable bonds is 3. The summed E-state index contributed by atoms with van der Waals surface area (Å²) in [6.07, 6.45) is 4.38. The number of halogens is 1. The largest absolute Gasteiger partial charge is 0.492 e. The second kappa shape index (κ2) is 6.02. The van der Waals surface area contributed by atoms with Gasteiger partial charge in [0.2, 0.25) is 0 Å². The summed E-state index contributed by atoms with van der Waals surface area (Å²) in [5.41, 5.74) is 1.58. The van der Waals surface area contributed by atoms with E-state index >= 15 is 0 Å². The van der Waals surface area contributed by atoms with Crippen LogP contribution in [0.1, 0.15) is 35.2 Å². The summed E-state index contributed by atoms with van der Waals surface area (Å²) in [7, 11) is 0. The van der Waals surface area contributed by atoms with Crippen molar-refractivity contribution >= 4 is 17.5 Å². The van der Waals surface area contributed by atoms with Gasteiger partial charge in [0.05, 0.1) is 12.2 Å². The molecule has 0 saturated carbocycles. The van der Waals surface area contributed by atoms with Gasteiger partial charge in [0.15, 0.2) is 0 Å². The smallest absolute Gasteiger partial charge is 0.255 e. The standard InChI is InChI=1S/C15H19ClN2O2/c16-11-7-10-4-6-20-14(10)13(8-11)15(19)18-9-12-3-1-2-5-17-12/h7-8,12,17H,1-6,9H2,(H,18,19). The molecule has 2 aliphatic rings. The Hall–Kier alpha value is -1.26. The van der Waals surface area contributed by atoms with Gasteiger partial charge >= 0.3 is 0 Å². The number of hydrogen-bond acceptors (Lipinski definition) is 3. The highest BCUT2D eigenvalue weighted by molar-refractivity contribution is 6.31. The van der Waals surface area contributed by atoms with Crippen LogP contribution in [0.4, 0.5) is 0 Å². The van der Waals surface area contributed by atoms with Crippen LogP contribution >= 0.6 is 11.6 Å². The fourth-order valence-electron chi connectivity index (χ4n) is 2.85. The molecule has 2 aliphatic heterocycles. The number of hydrogen-bond donors (Lipinski definition) is 2. The Bertz CT molecular complexity index is 513. The van der Waals surface area contributed by atoms with Crippen molar-refractivity contribution in [3.8, 4) is 5.75 Å². The molecule has 1 aromatic carbocycles. The summed E-state index contributed by atoms with van der Waals surface area (Å²) in [6, 6.07) is 3.94. The number of benzene rings is 1. The third kappa shape index (κ3) is 2.91. The molecule has 108 valence electrons. The molecule has 0 aromatic heterocycles. The topological polar surface area (TPSA) is 50.4 Å². The monoisotopic (exact) mass is 294 g/mol. The van der Waals surface area contributed by atoms with E-state index in [4.69, 9.17) is 16.3 Å². The minimum atomic E-state index is -0.0991. The normalized spacial score (nSPS) is 21.1. The first kappa shape index (κ1) is 13.7. The summed E-state index contributed by atoms with van der Waals surface area (Å²) in [5, 5.41) is 7.00. The summed E-state index contributed by atoms with van der Waals surface area (Å²) < 4.78 is 5.56. The molecule has 2 N–H and O–H groups in total. The first-order chi connectivity index (χ1) is 9.74. The molecule has 1 unspecified atom stereocenters. The Morgan fingerprint density at radius 2 is 2.35 bits per heavy atom. The van der Waals surface area contributed by atoms with Crippen LogP contribution < -0.4 is 15.4 Å². The lowest BCUT2D eigenvalue weighted by Crippen LogP contribution is -2.43. The van der Waals surface area contributed by atoms with Crippen LogP contribution in [0.25, 0.3) is 0 Å². The van der Waals surface area contributed by atoms with Crippen LogP contribution in [0.3, 0.4) is 0 Å². The number of amides is 1. The van der Waals surface area contributed by atoms with E-state index in [-0.39, 0.29) is 5.91 Å². The number of carbonyl (C=O) groups is 1. The molecule has 20 heavy (non-hydrogen) atoms. The first-order valence-corrected chi connectivity index (χ1v) is 7.58.